The highest BCUT2D eigenvalue weighted by atomic mass is 16.5. The third-order valence-electron chi connectivity index (χ3n) is 4.09. The van der Waals surface area contributed by atoms with E-state index in [1.165, 1.54) is 0 Å². The zero-order valence-corrected chi connectivity index (χ0v) is 13.9. The molecule has 0 radical (unpaired) electrons. The van der Waals surface area contributed by atoms with Crippen molar-refractivity contribution in [2.75, 3.05) is 19.7 Å². The number of ether oxygens (including phenoxy) is 1. The molecule has 1 aliphatic rings. The van der Waals surface area contributed by atoms with E-state index in [1.807, 2.05) is 44.2 Å². The lowest BCUT2D eigenvalue weighted by molar-refractivity contribution is -0.130. The van der Waals surface area contributed by atoms with E-state index < -0.39 is 6.03 Å². The molecule has 0 unspecified atom stereocenters. The highest BCUT2D eigenvalue weighted by molar-refractivity contribution is 5.95. The van der Waals surface area contributed by atoms with Crippen molar-refractivity contribution < 1.29 is 14.3 Å². The lowest BCUT2D eigenvalue weighted by atomic mass is 9.98. The van der Waals surface area contributed by atoms with E-state index in [4.69, 9.17) is 4.74 Å². The second-order valence-corrected chi connectivity index (χ2v) is 5.83. The van der Waals surface area contributed by atoms with E-state index in [0.29, 0.717) is 13.2 Å². The van der Waals surface area contributed by atoms with Gasteiger partial charge in [-0.25, -0.2) is 4.79 Å². The van der Waals surface area contributed by atoms with Gasteiger partial charge in [0.2, 0.25) is 5.91 Å². The summed E-state index contributed by atoms with van der Waals surface area (Å²) in [6.07, 6.45) is -0.0790. The van der Waals surface area contributed by atoms with Gasteiger partial charge in [0.25, 0.3) is 0 Å². The van der Waals surface area contributed by atoms with Crippen molar-refractivity contribution >= 4 is 11.9 Å². The fourth-order valence-corrected chi connectivity index (χ4v) is 2.91. The maximum absolute atomic E-state index is 12.1. The Balaban J connectivity index is 2.02. The molecule has 0 bridgehead atoms. The van der Waals surface area contributed by atoms with Gasteiger partial charge in [-0.2, -0.15) is 0 Å². The molecule has 0 aromatic heterocycles. The Morgan fingerprint density at radius 3 is 2.61 bits per heavy atom. The first-order valence-corrected chi connectivity index (χ1v) is 8.03. The fraction of sp³-hybridized carbons (Fsp3) is 0.529. The minimum atomic E-state index is -0.453. The summed E-state index contributed by atoms with van der Waals surface area (Å²) in [5, 5.41) is 4.91. The summed E-state index contributed by atoms with van der Waals surface area (Å²) in [7, 11) is 0. The smallest absolute Gasteiger partial charge is 0.321 e. The molecular formula is C17H25N3O3. The van der Waals surface area contributed by atoms with Crippen LogP contribution in [0.15, 0.2) is 30.3 Å². The Bertz CT molecular complexity index is 535. The first-order chi connectivity index (χ1) is 11.0. The molecule has 1 heterocycles. The van der Waals surface area contributed by atoms with E-state index in [9.17, 15) is 9.59 Å². The summed E-state index contributed by atoms with van der Waals surface area (Å²) in [6.45, 7) is 7.09. The number of benzene rings is 1. The van der Waals surface area contributed by atoms with Crippen LogP contribution in [0.3, 0.4) is 0 Å². The predicted molar refractivity (Wildman–Crippen MR) is 88.0 cm³/mol. The molecule has 6 nitrogen and oxygen atoms in total. The number of nitrogens with one attached hydrogen (secondary N) is 2. The maximum Gasteiger partial charge on any atom is 0.321 e. The zero-order valence-electron chi connectivity index (χ0n) is 13.9. The fourth-order valence-electron chi connectivity index (χ4n) is 2.91. The number of urea groups is 1. The van der Waals surface area contributed by atoms with E-state index in [2.05, 4.69) is 15.5 Å². The Hall–Kier alpha value is -1.92. The van der Waals surface area contributed by atoms with Crippen LogP contribution in [0.2, 0.25) is 0 Å². The normalized spacial score (nSPS) is 24.9. The van der Waals surface area contributed by atoms with Crippen LogP contribution < -0.4 is 10.6 Å². The maximum atomic E-state index is 12.1. The molecule has 0 saturated carbocycles. The van der Waals surface area contributed by atoms with Gasteiger partial charge in [-0.3, -0.25) is 15.0 Å². The number of hydrogen-bond donors (Lipinski definition) is 2. The number of amides is 3. The van der Waals surface area contributed by atoms with Crippen molar-refractivity contribution in [2.24, 2.45) is 0 Å². The van der Waals surface area contributed by atoms with Gasteiger partial charge < -0.3 is 10.1 Å². The number of carbonyl (C=O) groups excluding carboxylic acids is 2. The molecule has 1 aromatic carbocycles. The van der Waals surface area contributed by atoms with Crippen molar-refractivity contribution in [3.8, 4) is 0 Å². The summed E-state index contributed by atoms with van der Waals surface area (Å²) < 4.78 is 5.97. The number of imide groups is 1. The summed E-state index contributed by atoms with van der Waals surface area (Å²) >= 11 is 0. The van der Waals surface area contributed by atoms with E-state index in [0.717, 1.165) is 5.56 Å². The molecule has 0 aliphatic carbocycles. The molecular weight excluding hydrogens is 294 g/mol. The van der Waals surface area contributed by atoms with Crippen LogP contribution in [0.25, 0.3) is 0 Å². The van der Waals surface area contributed by atoms with Crippen LogP contribution in [0.4, 0.5) is 4.79 Å². The molecule has 1 saturated heterocycles. The molecule has 3 amide bonds. The van der Waals surface area contributed by atoms with Gasteiger partial charge in [0.1, 0.15) is 0 Å². The molecule has 3 atom stereocenters. The van der Waals surface area contributed by atoms with Crippen LogP contribution in [-0.2, 0) is 9.53 Å². The molecule has 1 aromatic rings. The SMILES string of the molecule is CCNC(=O)NC(=O)CN1[C@H](C)CO[C@@H](c2ccccc2)[C@H]1C. The van der Waals surface area contributed by atoms with Crippen molar-refractivity contribution in [1.29, 1.82) is 0 Å². The number of hydrogen-bond acceptors (Lipinski definition) is 4. The van der Waals surface area contributed by atoms with E-state index in [1.54, 1.807) is 6.92 Å². The van der Waals surface area contributed by atoms with Gasteiger partial charge >= 0.3 is 6.03 Å². The van der Waals surface area contributed by atoms with Crippen LogP contribution in [0.5, 0.6) is 0 Å². The minimum absolute atomic E-state index is 0.0427. The third-order valence-corrected chi connectivity index (χ3v) is 4.09. The average molecular weight is 319 g/mol. The van der Waals surface area contributed by atoms with Crippen LogP contribution in [-0.4, -0.2) is 48.6 Å². The molecule has 1 aliphatic heterocycles. The van der Waals surface area contributed by atoms with Crippen molar-refractivity contribution in [3.63, 3.8) is 0 Å². The second kappa shape index (κ2) is 8.08. The predicted octanol–water partition coefficient (Wildman–Crippen LogP) is 1.68. The highest BCUT2D eigenvalue weighted by Gasteiger charge is 2.35. The monoisotopic (exact) mass is 319 g/mol. The number of nitrogens with zero attached hydrogens (tertiary/aromatic N) is 1. The third kappa shape index (κ3) is 4.53. The molecule has 6 heteroatoms. The van der Waals surface area contributed by atoms with Gasteiger partial charge in [0.15, 0.2) is 0 Å². The topological polar surface area (TPSA) is 70.7 Å². The van der Waals surface area contributed by atoms with Gasteiger partial charge in [-0.1, -0.05) is 30.3 Å². The number of rotatable bonds is 4. The number of carbonyl (C=O) groups is 2. The largest absolute Gasteiger partial charge is 0.370 e. The van der Waals surface area contributed by atoms with E-state index >= 15 is 0 Å². The van der Waals surface area contributed by atoms with Crippen LogP contribution in [0.1, 0.15) is 32.4 Å². The molecule has 2 rings (SSSR count). The number of morpholine rings is 1. The standard InChI is InChI=1S/C17H25N3O3/c1-4-18-17(22)19-15(21)10-20-12(2)11-23-16(13(20)3)14-8-6-5-7-9-14/h5-9,12-13,16H,4,10-11H2,1-3H3,(H2,18,19,21,22)/t12-,13-,16-/m1/s1. The van der Waals surface area contributed by atoms with Gasteiger partial charge in [0.05, 0.1) is 19.3 Å². The molecule has 0 spiro atoms. The summed E-state index contributed by atoms with van der Waals surface area (Å²) in [4.78, 5) is 25.6. The van der Waals surface area contributed by atoms with Gasteiger partial charge in [0, 0.05) is 18.6 Å². The highest BCUT2D eigenvalue weighted by Crippen LogP contribution is 2.30. The summed E-state index contributed by atoms with van der Waals surface area (Å²) in [5.74, 6) is -0.302. The molecule has 1 fully saturated rings. The Kier molecular flexibility index (Phi) is 6.12. The first kappa shape index (κ1) is 17.4. The first-order valence-electron chi connectivity index (χ1n) is 8.03. The Morgan fingerprint density at radius 1 is 1.26 bits per heavy atom. The van der Waals surface area contributed by atoms with Gasteiger partial charge in [-0.15, -0.1) is 0 Å². The van der Waals surface area contributed by atoms with Gasteiger partial charge in [-0.05, 0) is 26.3 Å². The summed E-state index contributed by atoms with van der Waals surface area (Å²) in [6, 6.07) is 9.70. The van der Waals surface area contributed by atoms with Crippen molar-refractivity contribution in [1.82, 2.24) is 15.5 Å². The molecule has 23 heavy (non-hydrogen) atoms. The molecule has 2 N–H and O–H groups in total. The van der Waals surface area contributed by atoms with Crippen LogP contribution in [0, 0.1) is 0 Å². The Morgan fingerprint density at radius 2 is 1.96 bits per heavy atom. The van der Waals surface area contributed by atoms with E-state index in [-0.39, 0.29) is 30.6 Å². The quantitative estimate of drug-likeness (QED) is 0.886. The van der Waals surface area contributed by atoms with Crippen molar-refractivity contribution in [2.45, 2.75) is 39.0 Å². The van der Waals surface area contributed by atoms with Crippen LogP contribution >= 0.6 is 0 Å². The van der Waals surface area contributed by atoms with Crippen molar-refractivity contribution in [3.05, 3.63) is 35.9 Å². The Labute approximate surface area is 137 Å². The summed E-state index contributed by atoms with van der Waals surface area (Å²) in [5.41, 5.74) is 1.10. The lowest BCUT2D eigenvalue weighted by Gasteiger charge is -2.43. The molecule has 126 valence electrons. The lowest BCUT2D eigenvalue weighted by Crippen LogP contribution is -2.55. The minimum Gasteiger partial charge on any atom is -0.370 e. The zero-order chi connectivity index (χ0) is 16.8. The second-order valence-electron chi connectivity index (χ2n) is 5.83. The average Bonchev–Trinajstić information content (AvgIpc) is 2.52.